The first-order valence-electron chi connectivity index (χ1n) is 10.2. The molecule has 154 valence electrons. The van der Waals surface area contributed by atoms with E-state index in [4.69, 9.17) is 0 Å². The van der Waals surface area contributed by atoms with Gasteiger partial charge >= 0.3 is 0 Å². The predicted octanol–water partition coefficient (Wildman–Crippen LogP) is 4.65. The summed E-state index contributed by atoms with van der Waals surface area (Å²) >= 11 is 0. The summed E-state index contributed by atoms with van der Waals surface area (Å²) < 4.78 is 12.9. The number of halogens is 1. The summed E-state index contributed by atoms with van der Waals surface area (Å²) in [6, 6.07) is 14.3. The number of hydrogen-bond donors (Lipinski definition) is 1. The van der Waals surface area contributed by atoms with Gasteiger partial charge in [-0.1, -0.05) is 24.3 Å². The molecule has 1 saturated heterocycles. The zero-order valence-electron chi connectivity index (χ0n) is 17.3. The van der Waals surface area contributed by atoms with Crippen molar-refractivity contribution < 1.29 is 9.18 Å². The van der Waals surface area contributed by atoms with Crippen LogP contribution in [-0.2, 0) is 4.79 Å². The van der Waals surface area contributed by atoms with Crippen molar-refractivity contribution in [2.45, 2.75) is 19.3 Å². The smallest absolute Gasteiger partial charge is 0.228 e. The van der Waals surface area contributed by atoms with Crippen LogP contribution >= 0.6 is 0 Å². The van der Waals surface area contributed by atoms with Crippen LogP contribution in [0, 0.1) is 11.7 Å². The molecule has 2 aromatic rings. The molecule has 5 heteroatoms. The molecular formula is C24H30FN3O. The number of amides is 1. The fourth-order valence-corrected chi connectivity index (χ4v) is 3.73. The fraction of sp³-hybridized carbons (Fsp3) is 0.375. The van der Waals surface area contributed by atoms with Crippen LogP contribution in [0.25, 0.3) is 6.08 Å². The SMILES string of the molecule is CN(C)CC1CCN(c2ccc(NC(=O)C/C=C/c3ccc(F)cc3)cc2)CC1. The van der Waals surface area contributed by atoms with Crippen LogP contribution in [0.5, 0.6) is 0 Å². The monoisotopic (exact) mass is 395 g/mol. The molecule has 1 heterocycles. The highest BCUT2D eigenvalue weighted by molar-refractivity contribution is 5.92. The van der Waals surface area contributed by atoms with Crippen LogP contribution in [0.15, 0.2) is 54.6 Å². The zero-order valence-corrected chi connectivity index (χ0v) is 17.3. The van der Waals surface area contributed by atoms with Crippen molar-refractivity contribution in [3.05, 3.63) is 66.0 Å². The van der Waals surface area contributed by atoms with Crippen LogP contribution in [-0.4, -0.2) is 44.5 Å². The van der Waals surface area contributed by atoms with E-state index in [1.807, 2.05) is 18.2 Å². The molecule has 3 rings (SSSR count). The van der Waals surface area contributed by atoms with E-state index in [9.17, 15) is 9.18 Å². The highest BCUT2D eigenvalue weighted by Crippen LogP contribution is 2.25. The van der Waals surface area contributed by atoms with Gasteiger partial charge in [0.2, 0.25) is 5.91 Å². The third-order valence-electron chi connectivity index (χ3n) is 5.24. The van der Waals surface area contributed by atoms with Crippen molar-refractivity contribution in [3.8, 4) is 0 Å². The number of benzene rings is 2. The summed E-state index contributed by atoms with van der Waals surface area (Å²) in [5, 5.41) is 2.92. The van der Waals surface area contributed by atoms with E-state index in [0.29, 0.717) is 0 Å². The molecule has 0 radical (unpaired) electrons. The molecule has 1 aliphatic heterocycles. The molecule has 0 spiro atoms. The average Bonchev–Trinajstić information content (AvgIpc) is 2.70. The van der Waals surface area contributed by atoms with Crippen LogP contribution in [0.1, 0.15) is 24.8 Å². The van der Waals surface area contributed by atoms with Crippen molar-refractivity contribution in [1.29, 1.82) is 0 Å². The Morgan fingerprint density at radius 2 is 1.76 bits per heavy atom. The van der Waals surface area contributed by atoms with Crippen molar-refractivity contribution in [2.24, 2.45) is 5.92 Å². The third-order valence-corrected chi connectivity index (χ3v) is 5.24. The van der Waals surface area contributed by atoms with Gasteiger partial charge in [-0.2, -0.15) is 0 Å². The Morgan fingerprint density at radius 1 is 1.10 bits per heavy atom. The summed E-state index contributed by atoms with van der Waals surface area (Å²) in [7, 11) is 4.27. The summed E-state index contributed by atoms with van der Waals surface area (Å²) in [5.41, 5.74) is 2.89. The fourth-order valence-electron chi connectivity index (χ4n) is 3.73. The molecule has 0 bridgehead atoms. The van der Waals surface area contributed by atoms with Crippen LogP contribution in [0.2, 0.25) is 0 Å². The Bertz CT molecular complexity index is 807. The molecule has 29 heavy (non-hydrogen) atoms. The van der Waals surface area contributed by atoms with Gasteiger partial charge in [-0.3, -0.25) is 4.79 Å². The van der Waals surface area contributed by atoms with E-state index in [1.165, 1.54) is 30.7 Å². The quantitative estimate of drug-likeness (QED) is 0.741. The Hall–Kier alpha value is -2.66. The van der Waals surface area contributed by atoms with E-state index in [0.717, 1.165) is 36.8 Å². The van der Waals surface area contributed by atoms with Crippen LogP contribution in [0.3, 0.4) is 0 Å². The molecule has 1 aliphatic rings. The van der Waals surface area contributed by atoms with Gasteiger partial charge in [-0.05, 0) is 74.8 Å². The Labute approximate surface area is 173 Å². The van der Waals surface area contributed by atoms with E-state index in [1.54, 1.807) is 18.2 Å². The molecular weight excluding hydrogens is 365 g/mol. The second kappa shape index (κ2) is 10.2. The minimum Gasteiger partial charge on any atom is -0.372 e. The summed E-state index contributed by atoms with van der Waals surface area (Å²) in [6.07, 6.45) is 6.32. The first kappa shape index (κ1) is 21.1. The molecule has 0 saturated carbocycles. The van der Waals surface area contributed by atoms with E-state index in [-0.39, 0.29) is 18.1 Å². The average molecular weight is 396 g/mol. The highest BCUT2D eigenvalue weighted by Gasteiger charge is 2.19. The minimum absolute atomic E-state index is 0.0689. The standard InChI is InChI=1S/C24H30FN3O/c1-27(2)18-20-14-16-28(17-15-20)23-12-10-22(11-13-23)26-24(29)5-3-4-19-6-8-21(25)9-7-19/h3-4,6-13,20H,5,14-18H2,1-2H3,(H,26,29)/b4-3+. The number of carbonyl (C=O) groups is 1. The minimum atomic E-state index is -0.263. The maximum absolute atomic E-state index is 12.9. The molecule has 2 aromatic carbocycles. The molecule has 1 fully saturated rings. The van der Waals surface area contributed by atoms with Gasteiger partial charge in [0, 0.05) is 37.4 Å². The molecule has 0 atom stereocenters. The lowest BCUT2D eigenvalue weighted by Gasteiger charge is -2.34. The lowest BCUT2D eigenvalue weighted by atomic mass is 9.96. The molecule has 1 N–H and O–H groups in total. The van der Waals surface area contributed by atoms with E-state index in [2.05, 4.69) is 41.3 Å². The number of nitrogens with zero attached hydrogens (tertiary/aromatic N) is 2. The lowest BCUT2D eigenvalue weighted by Crippen LogP contribution is -2.37. The second-order valence-corrected chi connectivity index (χ2v) is 7.95. The Balaban J connectivity index is 1.45. The first-order chi connectivity index (χ1) is 14.0. The van der Waals surface area contributed by atoms with E-state index >= 15 is 0 Å². The molecule has 0 aromatic heterocycles. The largest absolute Gasteiger partial charge is 0.372 e. The summed E-state index contributed by atoms with van der Waals surface area (Å²) in [5.74, 6) is 0.449. The van der Waals surface area contributed by atoms with Crippen molar-refractivity contribution in [2.75, 3.05) is 43.9 Å². The number of rotatable bonds is 7. The third kappa shape index (κ3) is 6.71. The molecule has 4 nitrogen and oxygen atoms in total. The van der Waals surface area contributed by atoms with Gasteiger partial charge < -0.3 is 15.1 Å². The van der Waals surface area contributed by atoms with Gasteiger partial charge in [0.1, 0.15) is 5.82 Å². The van der Waals surface area contributed by atoms with Crippen LogP contribution in [0.4, 0.5) is 15.8 Å². The first-order valence-corrected chi connectivity index (χ1v) is 10.2. The predicted molar refractivity (Wildman–Crippen MR) is 119 cm³/mol. The molecule has 1 amide bonds. The topological polar surface area (TPSA) is 35.6 Å². The summed E-state index contributed by atoms with van der Waals surface area (Å²) in [4.78, 5) is 16.8. The zero-order chi connectivity index (χ0) is 20.6. The maximum Gasteiger partial charge on any atom is 0.228 e. The van der Waals surface area contributed by atoms with E-state index < -0.39 is 0 Å². The number of anilines is 2. The van der Waals surface area contributed by atoms with Crippen molar-refractivity contribution in [1.82, 2.24) is 4.90 Å². The summed E-state index contributed by atoms with van der Waals surface area (Å²) in [6.45, 7) is 3.32. The number of nitrogens with one attached hydrogen (secondary N) is 1. The lowest BCUT2D eigenvalue weighted by molar-refractivity contribution is -0.115. The Kier molecular flexibility index (Phi) is 7.42. The maximum atomic E-state index is 12.9. The van der Waals surface area contributed by atoms with Crippen molar-refractivity contribution in [3.63, 3.8) is 0 Å². The highest BCUT2D eigenvalue weighted by atomic mass is 19.1. The van der Waals surface area contributed by atoms with Crippen LogP contribution < -0.4 is 10.2 Å². The molecule has 0 unspecified atom stereocenters. The number of hydrogen-bond acceptors (Lipinski definition) is 3. The van der Waals surface area contributed by atoms with Gasteiger partial charge in [-0.15, -0.1) is 0 Å². The number of carbonyl (C=O) groups excluding carboxylic acids is 1. The van der Waals surface area contributed by atoms with Gasteiger partial charge in [-0.25, -0.2) is 4.39 Å². The Morgan fingerprint density at radius 3 is 2.38 bits per heavy atom. The molecule has 0 aliphatic carbocycles. The van der Waals surface area contributed by atoms with Gasteiger partial charge in [0.15, 0.2) is 0 Å². The number of piperidine rings is 1. The second-order valence-electron chi connectivity index (χ2n) is 7.95. The normalized spacial score (nSPS) is 15.2. The van der Waals surface area contributed by atoms with Gasteiger partial charge in [0.05, 0.1) is 0 Å². The van der Waals surface area contributed by atoms with Gasteiger partial charge in [0.25, 0.3) is 0 Å². The van der Waals surface area contributed by atoms with Crippen molar-refractivity contribution >= 4 is 23.4 Å².